The highest BCUT2D eigenvalue weighted by molar-refractivity contribution is 6.30. The van der Waals surface area contributed by atoms with E-state index in [9.17, 15) is 0 Å². The van der Waals surface area contributed by atoms with E-state index < -0.39 is 0 Å². The molecule has 0 aliphatic rings. The van der Waals surface area contributed by atoms with Crippen LogP contribution in [0.4, 0.5) is 0 Å². The number of benzene rings is 4. The van der Waals surface area contributed by atoms with Gasteiger partial charge in [-0.2, -0.15) is 0 Å². The Morgan fingerprint density at radius 2 is 1.53 bits per heavy atom. The fourth-order valence-corrected chi connectivity index (χ4v) is 4.36. The van der Waals surface area contributed by atoms with Crippen LogP contribution in [0.1, 0.15) is 36.0 Å². The molecule has 4 rings (SSSR count). The maximum absolute atomic E-state index is 6.15. The lowest BCUT2D eigenvalue weighted by Gasteiger charge is -2.25. The fraction of sp³-hybridized carbons (Fsp3) is 0.200. The molecule has 0 aliphatic carbocycles. The Balaban J connectivity index is 1.44. The summed E-state index contributed by atoms with van der Waals surface area (Å²) in [6.45, 7) is 3.25. The van der Waals surface area contributed by atoms with Crippen molar-refractivity contribution in [1.82, 2.24) is 5.32 Å². The van der Waals surface area contributed by atoms with Crippen molar-refractivity contribution in [1.29, 1.82) is 0 Å². The third-order valence-electron chi connectivity index (χ3n) is 6.10. The molecule has 0 aliphatic heterocycles. The van der Waals surface area contributed by atoms with Gasteiger partial charge < -0.3 is 5.32 Å². The van der Waals surface area contributed by atoms with Crippen molar-refractivity contribution in [3.05, 3.63) is 125 Å². The lowest BCUT2D eigenvalue weighted by atomic mass is 9.89. The Morgan fingerprint density at radius 3 is 2.31 bits per heavy atom. The molecule has 2 unspecified atom stereocenters. The molecule has 0 aromatic heterocycles. The average molecular weight is 440 g/mol. The summed E-state index contributed by atoms with van der Waals surface area (Å²) in [6.07, 6.45) is 6.55. The molecule has 0 spiro atoms. The van der Waals surface area contributed by atoms with E-state index in [1.54, 1.807) is 0 Å². The number of hydrogen-bond acceptors (Lipinski definition) is 1. The quantitative estimate of drug-likeness (QED) is 0.279. The molecular formula is C30H30ClN. The van der Waals surface area contributed by atoms with E-state index in [1.807, 2.05) is 12.1 Å². The summed E-state index contributed by atoms with van der Waals surface area (Å²) in [4.78, 5) is 0. The summed E-state index contributed by atoms with van der Waals surface area (Å²) in [6, 6.07) is 34.4. The molecule has 1 N–H and O–H groups in total. The number of hydrogen-bond donors (Lipinski definition) is 1. The first-order valence-electron chi connectivity index (χ1n) is 11.4. The van der Waals surface area contributed by atoms with Crippen molar-refractivity contribution in [2.24, 2.45) is 0 Å². The predicted molar refractivity (Wildman–Crippen MR) is 139 cm³/mol. The van der Waals surface area contributed by atoms with Gasteiger partial charge in [0.25, 0.3) is 0 Å². The highest BCUT2D eigenvalue weighted by Gasteiger charge is 2.18. The molecule has 0 heterocycles. The second-order valence-corrected chi connectivity index (χ2v) is 8.82. The van der Waals surface area contributed by atoms with E-state index in [0.29, 0.717) is 12.0 Å². The molecule has 0 saturated heterocycles. The molecule has 0 bridgehead atoms. The van der Waals surface area contributed by atoms with Crippen molar-refractivity contribution in [3.63, 3.8) is 0 Å². The minimum absolute atomic E-state index is 0.348. The number of fused-ring (bicyclic) bond motifs is 1. The van der Waals surface area contributed by atoms with Gasteiger partial charge >= 0.3 is 0 Å². The zero-order valence-corrected chi connectivity index (χ0v) is 19.3. The van der Waals surface area contributed by atoms with Gasteiger partial charge in [0.1, 0.15) is 0 Å². The molecule has 4 aromatic carbocycles. The Hall–Kier alpha value is -2.87. The van der Waals surface area contributed by atoms with Crippen LogP contribution in [0.15, 0.2) is 103 Å². The van der Waals surface area contributed by atoms with Crippen LogP contribution < -0.4 is 5.32 Å². The van der Waals surface area contributed by atoms with E-state index in [2.05, 4.69) is 109 Å². The molecule has 0 saturated carbocycles. The first kappa shape index (κ1) is 22.3. The summed E-state index contributed by atoms with van der Waals surface area (Å²) >= 11 is 6.15. The molecule has 0 radical (unpaired) electrons. The maximum Gasteiger partial charge on any atom is 0.0406 e. The van der Waals surface area contributed by atoms with E-state index in [1.165, 1.54) is 27.5 Å². The van der Waals surface area contributed by atoms with E-state index >= 15 is 0 Å². The molecule has 2 heteroatoms. The van der Waals surface area contributed by atoms with Gasteiger partial charge in [-0.25, -0.2) is 0 Å². The van der Waals surface area contributed by atoms with Gasteiger partial charge in [-0.3, -0.25) is 0 Å². The number of rotatable bonds is 9. The van der Waals surface area contributed by atoms with Crippen molar-refractivity contribution in [2.45, 2.75) is 31.7 Å². The first-order chi connectivity index (χ1) is 15.7. The van der Waals surface area contributed by atoms with Crippen molar-refractivity contribution in [2.75, 3.05) is 6.54 Å². The van der Waals surface area contributed by atoms with Crippen LogP contribution in [0, 0.1) is 0 Å². The Labute approximate surface area is 196 Å². The van der Waals surface area contributed by atoms with Gasteiger partial charge in [0.2, 0.25) is 0 Å². The lowest BCUT2D eigenvalue weighted by molar-refractivity contribution is 0.464. The molecule has 2 atom stereocenters. The summed E-state index contributed by atoms with van der Waals surface area (Å²) in [5.41, 5.74) is 3.92. The maximum atomic E-state index is 6.15. The predicted octanol–water partition coefficient (Wildman–Crippen LogP) is 7.90. The van der Waals surface area contributed by atoms with Gasteiger partial charge in [-0.1, -0.05) is 103 Å². The monoisotopic (exact) mass is 439 g/mol. The van der Waals surface area contributed by atoms with Crippen LogP contribution in [0.3, 0.4) is 0 Å². The zero-order chi connectivity index (χ0) is 22.2. The van der Waals surface area contributed by atoms with Gasteiger partial charge in [-0.15, -0.1) is 0 Å². The largest absolute Gasteiger partial charge is 0.313 e. The van der Waals surface area contributed by atoms with Crippen LogP contribution in [0.5, 0.6) is 0 Å². The van der Waals surface area contributed by atoms with Crippen LogP contribution in [-0.2, 0) is 6.42 Å². The van der Waals surface area contributed by atoms with Crippen LogP contribution in [0.25, 0.3) is 16.8 Å². The average Bonchev–Trinajstić information content (AvgIpc) is 2.83. The van der Waals surface area contributed by atoms with Crippen LogP contribution >= 0.6 is 11.6 Å². The Kier molecular flexibility index (Phi) is 7.77. The van der Waals surface area contributed by atoms with E-state index in [4.69, 9.17) is 11.6 Å². The number of allylic oxidation sites excluding steroid dienone is 1. The molecule has 4 aromatic rings. The molecular weight excluding hydrogens is 410 g/mol. The first-order valence-corrected chi connectivity index (χ1v) is 11.7. The fourth-order valence-electron chi connectivity index (χ4n) is 4.23. The minimum atomic E-state index is 0.348. The van der Waals surface area contributed by atoms with Gasteiger partial charge in [0.05, 0.1) is 0 Å². The second-order valence-electron chi connectivity index (χ2n) is 8.38. The summed E-state index contributed by atoms with van der Waals surface area (Å²) < 4.78 is 0. The topological polar surface area (TPSA) is 12.0 Å². The highest BCUT2D eigenvalue weighted by Crippen LogP contribution is 2.26. The molecule has 0 amide bonds. The summed E-state index contributed by atoms with van der Waals surface area (Å²) in [5, 5.41) is 7.09. The molecule has 0 fully saturated rings. The van der Waals surface area contributed by atoms with Crippen molar-refractivity contribution < 1.29 is 0 Å². The zero-order valence-electron chi connectivity index (χ0n) is 18.5. The van der Waals surface area contributed by atoms with Crippen LogP contribution in [0.2, 0.25) is 5.02 Å². The minimum Gasteiger partial charge on any atom is -0.313 e. The number of halogens is 1. The van der Waals surface area contributed by atoms with Crippen molar-refractivity contribution in [3.8, 4) is 0 Å². The molecule has 1 nitrogen and oxygen atoms in total. The number of nitrogens with one attached hydrogen (secondary N) is 1. The second kappa shape index (κ2) is 11.1. The molecule has 162 valence electrons. The van der Waals surface area contributed by atoms with Gasteiger partial charge in [0.15, 0.2) is 0 Å². The van der Waals surface area contributed by atoms with E-state index in [0.717, 1.165) is 24.4 Å². The third kappa shape index (κ3) is 6.09. The van der Waals surface area contributed by atoms with Crippen LogP contribution in [-0.4, -0.2) is 12.6 Å². The lowest BCUT2D eigenvalue weighted by Crippen LogP contribution is -2.33. The highest BCUT2D eigenvalue weighted by atomic mass is 35.5. The smallest absolute Gasteiger partial charge is 0.0406 e. The van der Waals surface area contributed by atoms with E-state index in [-0.39, 0.29) is 0 Å². The summed E-state index contributed by atoms with van der Waals surface area (Å²) in [7, 11) is 0. The normalized spacial score (nSPS) is 13.4. The standard InChI is InChI=1S/C30H30ClN/c1-23(32-21-20-24-8-3-2-4-9-24)30(27-16-18-29(31)19-17-27)13-7-10-25-14-15-26-11-5-6-12-28(26)22-25/h2-12,14-19,22-23,30,32H,13,20-21H2,1H3/b10-7+. The Morgan fingerprint density at radius 1 is 0.812 bits per heavy atom. The SMILES string of the molecule is CC(NCCc1ccccc1)C(C/C=C/c1ccc2ccccc2c1)c1ccc(Cl)cc1. The summed E-state index contributed by atoms with van der Waals surface area (Å²) in [5.74, 6) is 0.375. The van der Waals surface area contributed by atoms with Crippen molar-refractivity contribution >= 4 is 28.4 Å². The Bertz CT molecular complexity index is 1150. The van der Waals surface area contributed by atoms with Gasteiger partial charge in [0, 0.05) is 17.0 Å². The third-order valence-corrected chi connectivity index (χ3v) is 6.35. The molecule has 32 heavy (non-hydrogen) atoms. The van der Waals surface area contributed by atoms with Gasteiger partial charge in [-0.05, 0) is 72.0 Å².